The SMILES string of the molecule is COC(=O)C1C[C@@]2(CCC(=O)O2)C(=O)N1C(=O)OC(C)(C)C. The summed E-state index contributed by atoms with van der Waals surface area (Å²) < 4.78 is 14.9. The summed E-state index contributed by atoms with van der Waals surface area (Å²) >= 11 is 0. The molecule has 122 valence electrons. The molecule has 0 aromatic heterocycles. The highest BCUT2D eigenvalue weighted by atomic mass is 16.6. The molecule has 0 aliphatic carbocycles. The van der Waals surface area contributed by atoms with Crippen molar-refractivity contribution in [2.24, 2.45) is 0 Å². The Morgan fingerprint density at radius 1 is 1.32 bits per heavy atom. The maximum Gasteiger partial charge on any atom is 0.417 e. The van der Waals surface area contributed by atoms with E-state index in [0.717, 1.165) is 7.11 Å². The molecule has 2 fully saturated rings. The average Bonchev–Trinajstić information content (AvgIpc) is 2.89. The largest absolute Gasteiger partial charge is 0.467 e. The first-order chi connectivity index (χ1) is 10.1. The summed E-state index contributed by atoms with van der Waals surface area (Å²) in [4.78, 5) is 48.8. The number of carbonyl (C=O) groups is 4. The highest BCUT2D eigenvalue weighted by Gasteiger charge is 2.62. The number of esters is 2. The molecular formula is C14H19NO7. The Labute approximate surface area is 127 Å². The van der Waals surface area contributed by atoms with Crippen molar-refractivity contribution in [1.29, 1.82) is 0 Å². The molecule has 2 rings (SSSR count). The summed E-state index contributed by atoms with van der Waals surface area (Å²) in [6, 6.07) is -1.15. The summed E-state index contributed by atoms with van der Waals surface area (Å²) in [7, 11) is 1.16. The average molecular weight is 313 g/mol. The number of imide groups is 1. The van der Waals surface area contributed by atoms with E-state index in [1.165, 1.54) is 0 Å². The van der Waals surface area contributed by atoms with Crippen molar-refractivity contribution in [2.75, 3.05) is 7.11 Å². The van der Waals surface area contributed by atoms with Gasteiger partial charge in [0.05, 0.1) is 7.11 Å². The van der Waals surface area contributed by atoms with Gasteiger partial charge < -0.3 is 14.2 Å². The highest BCUT2D eigenvalue weighted by molar-refractivity contribution is 6.05. The molecule has 0 aromatic carbocycles. The summed E-state index contributed by atoms with van der Waals surface area (Å²) in [5.74, 6) is -2.01. The first-order valence-electron chi connectivity index (χ1n) is 6.96. The number of carbonyl (C=O) groups excluding carboxylic acids is 4. The third-order valence-electron chi connectivity index (χ3n) is 3.55. The van der Waals surface area contributed by atoms with Gasteiger partial charge in [-0.1, -0.05) is 0 Å². The minimum Gasteiger partial charge on any atom is -0.467 e. The Kier molecular flexibility index (Phi) is 3.88. The second-order valence-electron chi connectivity index (χ2n) is 6.37. The smallest absolute Gasteiger partial charge is 0.417 e. The van der Waals surface area contributed by atoms with E-state index in [4.69, 9.17) is 9.47 Å². The van der Waals surface area contributed by atoms with E-state index in [0.29, 0.717) is 4.90 Å². The van der Waals surface area contributed by atoms with Crippen LogP contribution in [0.25, 0.3) is 0 Å². The quantitative estimate of drug-likeness (QED) is 0.520. The van der Waals surface area contributed by atoms with Crippen molar-refractivity contribution in [3.63, 3.8) is 0 Å². The van der Waals surface area contributed by atoms with E-state index in [-0.39, 0.29) is 19.3 Å². The third-order valence-corrected chi connectivity index (χ3v) is 3.55. The molecule has 0 saturated carbocycles. The van der Waals surface area contributed by atoms with Gasteiger partial charge in [0.2, 0.25) is 0 Å². The van der Waals surface area contributed by atoms with E-state index in [9.17, 15) is 19.2 Å². The molecule has 2 saturated heterocycles. The molecule has 8 nitrogen and oxygen atoms in total. The van der Waals surface area contributed by atoms with Crippen molar-refractivity contribution < 1.29 is 33.4 Å². The lowest BCUT2D eigenvalue weighted by atomic mass is 9.96. The van der Waals surface area contributed by atoms with Crippen LogP contribution in [-0.2, 0) is 28.6 Å². The first-order valence-corrected chi connectivity index (χ1v) is 6.96. The molecular weight excluding hydrogens is 294 g/mol. The van der Waals surface area contributed by atoms with Crippen molar-refractivity contribution in [1.82, 2.24) is 4.90 Å². The second kappa shape index (κ2) is 5.26. The molecule has 1 spiro atoms. The van der Waals surface area contributed by atoms with E-state index >= 15 is 0 Å². The van der Waals surface area contributed by atoms with Crippen LogP contribution >= 0.6 is 0 Å². The molecule has 2 aliphatic heterocycles. The predicted molar refractivity (Wildman–Crippen MR) is 71.6 cm³/mol. The number of hydrogen-bond donors (Lipinski definition) is 0. The highest BCUT2D eigenvalue weighted by Crippen LogP contribution is 2.40. The first kappa shape index (κ1) is 16.3. The van der Waals surface area contributed by atoms with Crippen molar-refractivity contribution in [2.45, 2.75) is 57.3 Å². The Hall–Kier alpha value is -2.12. The fourth-order valence-electron chi connectivity index (χ4n) is 2.62. The van der Waals surface area contributed by atoms with Crippen molar-refractivity contribution >= 4 is 23.9 Å². The number of likely N-dealkylation sites (tertiary alicyclic amines) is 1. The summed E-state index contributed by atoms with van der Waals surface area (Å²) in [6.07, 6.45) is -0.851. The van der Waals surface area contributed by atoms with Gasteiger partial charge in [-0.05, 0) is 20.8 Å². The zero-order valence-corrected chi connectivity index (χ0v) is 13.0. The van der Waals surface area contributed by atoms with Crippen LogP contribution in [0.5, 0.6) is 0 Å². The summed E-state index contributed by atoms with van der Waals surface area (Å²) in [6.45, 7) is 4.93. The van der Waals surface area contributed by atoms with E-state index < -0.39 is 41.2 Å². The topological polar surface area (TPSA) is 99.2 Å². The van der Waals surface area contributed by atoms with E-state index in [1.54, 1.807) is 20.8 Å². The lowest BCUT2D eigenvalue weighted by Crippen LogP contribution is -2.48. The van der Waals surface area contributed by atoms with Gasteiger partial charge in [-0.2, -0.15) is 0 Å². The number of methoxy groups -OCH3 is 1. The molecule has 0 N–H and O–H groups in total. The molecule has 0 bridgehead atoms. The van der Waals surface area contributed by atoms with Crippen LogP contribution in [0.2, 0.25) is 0 Å². The minimum absolute atomic E-state index is 0.0712. The van der Waals surface area contributed by atoms with E-state index in [2.05, 4.69) is 4.74 Å². The van der Waals surface area contributed by atoms with Crippen LogP contribution in [0.4, 0.5) is 4.79 Å². The van der Waals surface area contributed by atoms with Crippen LogP contribution in [0.3, 0.4) is 0 Å². The third kappa shape index (κ3) is 2.77. The van der Waals surface area contributed by atoms with Gasteiger partial charge in [0.25, 0.3) is 5.91 Å². The van der Waals surface area contributed by atoms with E-state index in [1.807, 2.05) is 0 Å². The van der Waals surface area contributed by atoms with Crippen molar-refractivity contribution in [3.05, 3.63) is 0 Å². The van der Waals surface area contributed by atoms with Gasteiger partial charge in [-0.25, -0.2) is 14.5 Å². The Morgan fingerprint density at radius 2 is 1.95 bits per heavy atom. The fourth-order valence-corrected chi connectivity index (χ4v) is 2.62. The Bertz CT molecular complexity index is 536. The standard InChI is InChI=1S/C14H19NO7/c1-13(2,3)22-12(19)15-8(10(17)20-4)7-14(11(15)18)6-5-9(16)21-14/h8H,5-7H2,1-4H3/t8?,14-/m0/s1. The van der Waals surface area contributed by atoms with Crippen LogP contribution in [0, 0.1) is 0 Å². The number of nitrogens with zero attached hydrogens (tertiary/aromatic N) is 1. The molecule has 2 heterocycles. The van der Waals surface area contributed by atoms with Gasteiger partial charge in [-0.3, -0.25) is 9.59 Å². The molecule has 22 heavy (non-hydrogen) atoms. The maximum absolute atomic E-state index is 12.6. The Balaban J connectivity index is 2.32. The van der Waals surface area contributed by atoms with Crippen LogP contribution < -0.4 is 0 Å². The molecule has 8 heteroatoms. The second-order valence-corrected chi connectivity index (χ2v) is 6.37. The van der Waals surface area contributed by atoms with Crippen LogP contribution in [-0.4, -0.2) is 53.2 Å². The number of amides is 2. The molecule has 0 radical (unpaired) electrons. The van der Waals surface area contributed by atoms with Gasteiger partial charge in [0.1, 0.15) is 11.6 Å². The zero-order valence-electron chi connectivity index (χ0n) is 13.0. The monoisotopic (exact) mass is 313 g/mol. The normalized spacial score (nSPS) is 28.0. The van der Waals surface area contributed by atoms with Gasteiger partial charge in [0.15, 0.2) is 5.60 Å². The number of rotatable bonds is 1. The molecule has 2 aliphatic rings. The lowest BCUT2D eigenvalue weighted by molar-refractivity contribution is -0.158. The zero-order chi connectivity index (χ0) is 16.7. The fraction of sp³-hybridized carbons (Fsp3) is 0.714. The van der Waals surface area contributed by atoms with Gasteiger partial charge in [0, 0.05) is 19.3 Å². The number of hydrogen-bond acceptors (Lipinski definition) is 7. The lowest BCUT2D eigenvalue weighted by Gasteiger charge is -2.26. The molecule has 1 unspecified atom stereocenters. The predicted octanol–water partition coefficient (Wildman–Crippen LogP) is 0.771. The summed E-state index contributed by atoms with van der Waals surface area (Å²) in [5, 5.41) is 0. The van der Waals surface area contributed by atoms with Gasteiger partial charge >= 0.3 is 18.0 Å². The number of ether oxygens (including phenoxy) is 3. The minimum atomic E-state index is -1.47. The van der Waals surface area contributed by atoms with Gasteiger partial charge in [-0.15, -0.1) is 0 Å². The van der Waals surface area contributed by atoms with Crippen LogP contribution in [0.15, 0.2) is 0 Å². The molecule has 2 atom stereocenters. The Morgan fingerprint density at radius 3 is 2.41 bits per heavy atom. The molecule has 2 amide bonds. The molecule has 0 aromatic rings. The summed E-state index contributed by atoms with van der Waals surface area (Å²) in [5.41, 5.74) is -2.30. The van der Waals surface area contributed by atoms with Crippen molar-refractivity contribution in [3.8, 4) is 0 Å². The van der Waals surface area contributed by atoms with Crippen LogP contribution in [0.1, 0.15) is 40.0 Å². The maximum atomic E-state index is 12.6.